The molecule has 0 spiro atoms. The summed E-state index contributed by atoms with van der Waals surface area (Å²) < 4.78 is 53.6. The molecule has 7 atom stereocenters. The molecule has 0 aromatic heterocycles. The average molecular weight is 753 g/mol. The molecular weight excluding hydrogens is 704 g/mol. The quantitative estimate of drug-likeness (QED) is 0.156. The number of amides is 3. The maximum absolute atomic E-state index is 13.8. The van der Waals surface area contributed by atoms with Crippen LogP contribution in [0.4, 0.5) is 13.2 Å². The molecule has 16 heteroatoms. The van der Waals surface area contributed by atoms with Crippen LogP contribution in [-0.4, -0.2) is 79.6 Å². The van der Waals surface area contributed by atoms with Crippen molar-refractivity contribution in [2.75, 3.05) is 13.0 Å². The molecule has 7 unspecified atom stereocenters. The maximum Gasteiger partial charge on any atom is 0.478 e. The summed E-state index contributed by atoms with van der Waals surface area (Å²) in [6, 6.07) is 12.1. The van der Waals surface area contributed by atoms with Gasteiger partial charge in [-0.2, -0.15) is 13.2 Å². The fourth-order valence-corrected chi connectivity index (χ4v) is 8.36. The summed E-state index contributed by atoms with van der Waals surface area (Å²) in [5, 5.41) is 17.8. The van der Waals surface area contributed by atoms with Crippen molar-refractivity contribution in [2.45, 2.75) is 102 Å². The van der Waals surface area contributed by atoms with E-state index >= 15 is 0 Å². The second-order valence-electron chi connectivity index (χ2n) is 16.2. The van der Waals surface area contributed by atoms with Gasteiger partial charge in [-0.1, -0.05) is 70.2 Å². The summed E-state index contributed by atoms with van der Waals surface area (Å²) in [7, 11) is -0.607. The van der Waals surface area contributed by atoms with E-state index in [1.54, 1.807) is 20.8 Å². The van der Waals surface area contributed by atoms with Crippen LogP contribution in [0.15, 0.2) is 64.8 Å². The van der Waals surface area contributed by atoms with Gasteiger partial charge in [0.15, 0.2) is 0 Å². The molecule has 2 bridgehead atoms. The number of halogens is 3. The average Bonchev–Trinajstić information content (AvgIpc) is 3.88. The van der Waals surface area contributed by atoms with Crippen LogP contribution in [0.5, 0.6) is 0 Å². The van der Waals surface area contributed by atoms with E-state index in [-0.39, 0.29) is 42.1 Å². The maximum atomic E-state index is 13.8. The molecule has 3 aliphatic carbocycles. The van der Waals surface area contributed by atoms with Crippen LogP contribution in [0.2, 0.25) is 0 Å². The minimum atomic E-state index is -4.78. The predicted octanol–water partition coefficient (Wildman–Crippen LogP) is 4.28. The number of hydrogen-bond donors (Lipinski definition) is 4. The smallest absolute Gasteiger partial charge is 0.404 e. The molecule has 290 valence electrons. The van der Waals surface area contributed by atoms with Crippen molar-refractivity contribution in [3.63, 3.8) is 0 Å². The number of carbonyl (C=O) groups is 4. The van der Waals surface area contributed by atoms with Gasteiger partial charge in [0.1, 0.15) is 17.9 Å². The van der Waals surface area contributed by atoms with Crippen molar-refractivity contribution in [3.05, 3.63) is 71.3 Å². The Morgan fingerprint density at radius 1 is 1.00 bits per heavy atom. The van der Waals surface area contributed by atoms with Crippen LogP contribution in [0.1, 0.15) is 75.9 Å². The summed E-state index contributed by atoms with van der Waals surface area (Å²) in [4.78, 5) is 53.2. The lowest BCUT2D eigenvalue weighted by Gasteiger charge is -2.64. The summed E-state index contributed by atoms with van der Waals surface area (Å²) >= 11 is 0. The lowest BCUT2D eigenvalue weighted by atomic mass is 9.43. The molecule has 3 amide bonds. The van der Waals surface area contributed by atoms with Crippen molar-refractivity contribution >= 4 is 31.1 Å². The highest BCUT2D eigenvalue weighted by molar-refractivity contribution is 6.46. The molecule has 4 fully saturated rings. The molecule has 2 aromatic carbocycles. The van der Waals surface area contributed by atoms with Crippen LogP contribution in [-0.2, 0) is 35.8 Å². The summed E-state index contributed by atoms with van der Waals surface area (Å²) in [6.45, 7) is 11.4. The third-order valence-electron chi connectivity index (χ3n) is 12.2. The van der Waals surface area contributed by atoms with Crippen LogP contribution < -0.4 is 21.3 Å². The monoisotopic (exact) mass is 752 g/mol. The zero-order valence-corrected chi connectivity index (χ0v) is 31.3. The Bertz CT molecular complexity index is 1790. The summed E-state index contributed by atoms with van der Waals surface area (Å²) in [5.74, 6) is -1.30. The largest absolute Gasteiger partial charge is 0.478 e. The van der Waals surface area contributed by atoms with Gasteiger partial charge in [-0.3, -0.25) is 14.4 Å². The highest BCUT2D eigenvalue weighted by Crippen LogP contribution is 2.65. The number of hydrogen-bond acceptors (Lipinski definition) is 9. The number of nitrogens with one attached hydrogen (secondary N) is 4. The van der Waals surface area contributed by atoms with Crippen molar-refractivity contribution < 1.29 is 41.7 Å². The molecule has 2 heterocycles. The van der Waals surface area contributed by atoms with E-state index in [1.807, 2.05) is 30.3 Å². The number of rotatable bonds is 15. The second-order valence-corrected chi connectivity index (χ2v) is 16.2. The minimum absolute atomic E-state index is 0.0338. The molecule has 12 nitrogen and oxygen atoms in total. The third kappa shape index (κ3) is 7.31. The number of alkyl halides is 3. The van der Waals surface area contributed by atoms with Gasteiger partial charge in [0.25, 0.3) is 5.91 Å². The van der Waals surface area contributed by atoms with Gasteiger partial charge in [0.2, 0.25) is 11.8 Å². The standard InChI is InChI=1S/C38H48BF3N6O6/c1-22(2)36(20-49,46-32(51)25-13-10-14-26(16-25)37(47-48-37)38(40,41)42)19-43-28(15-24-11-8-7-9-12-24)33(52)45-23(3)31(50)44-21-39-53-30-18-27-17-29(34(27,4)5)35(30,6)54-39/h7-14,16,20,22-23,27-30,43H,15,17-19,21H2,1-6H3,(H,44,50)(H,45,52)(H,46,51). The normalized spacial score (nSPS) is 26.8. The molecule has 1 saturated heterocycles. The summed E-state index contributed by atoms with van der Waals surface area (Å²) in [5.41, 5.74) is -4.18. The van der Waals surface area contributed by atoms with Gasteiger partial charge in [0.05, 0.1) is 24.2 Å². The van der Waals surface area contributed by atoms with Gasteiger partial charge in [0, 0.05) is 17.7 Å². The van der Waals surface area contributed by atoms with Crippen LogP contribution in [0.25, 0.3) is 0 Å². The van der Waals surface area contributed by atoms with E-state index in [1.165, 1.54) is 18.2 Å². The first-order valence-corrected chi connectivity index (χ1v) is 18.4. The Hall–Kier alpha value is -4.15. The molecule has 2 aliphatic heterocycles. The SMILES string of the molecule is CC(NC(=O)C(Cc1ccccc1)NCC(C=O)(NC(=O)c1cccc(C2(C(F)(F)F)N=N2)c1)C(C)C)C(=O)NCB1OC2CC3CC(C3(C)C)C2(C)O1. The number of aldehydes is 1. The van der Waals surface area contributed by atoms with E-state index < -0.39 is 65.8 Å². The predicted molar refractivity (Wildman–Crippen MR) is 193 cm³/mol. The van der Waals surface area contributed by atoms with Crippen molar-refractivity contribution in [1.29, 1.82) is 0 Å². The Kier molecular flexibility index (Phi) is 10.6. The fourth-order valence-electron chi connectivity index (χ4n) is 8.36. The van der Waals surface area contributed by atoms with Crippen molar-refractivity contribution in [2.24, 2.45) is 33.4 Å². The van der Waals surface area contributed by atoms with Gasteiger partial charge in [-0.15, -0.1) is 10.2 Å². The number of benzene rings is 2. The number of nitrogens with zero attached hydrogens (tertiary/aromatic N) is 2. The molecule has 2 aromatic rings. The fraction of sp³-hybridized carbons (Fsp3) is 0.579. The van der Waals surface area contributed by atoms with E-state index in [2.05, 4.69) is 52.3 Å². The zero-order chi connectivity index (χ0) is 39.3. The van der Waals surface area contributed by atoms with Crippen LogP contribution in [0, 0.1) is 23.2 Å². The topological polar surface area (TPSA) is 160 Å². The van der Waals surface area contributed by atoms with Crippen molar-refractivity contribution in [1.82, 2.24) is 21.3 Å². The Balaban J connectivity index is 1.09. The Morgan fingerprint density at radius 2 is 1.70 bits per heavy atom. The molecule has 3 saturated carbocycles. The Labute approximate surface area is 313 Å². The van der Waals surface area contributed by atoms with E-state index in [4.69, 9.17) is 9.31 Å². The Morgan fingerprint density at radius 3 is 2.31 bits per heavy atom. The molecule has 54 heavy (non-hydrogen) atoms. The molecule has 4 N–H and O–H groups in total. The van der Waals surface area contributed by atoms with E-state index in [0.29, 0.717) is 18.1 Å². The zero-order valence-electron chi connectivity index (χ0n) is 31.3. The van der Waals surface area contributed by atoms with E-state index in [9.17, 15) is 32.3 Å². The lowest BCUT2D eigenvalue weighted by Crippen LogP contribution is -2.65. The molecule has 5 aliphatic rings. The van der Waals surface area contributed by atoms with Gasteiger partial charge in [-0.05, 0) is 74.0 Å². The van der Waals surface area contributed by atoms with Crippen molar-refractivity contribution in [3.8, 4) is 0 Å². The lowest BCUT2D eigenvalue weighted by molar-refractivity contribution is -0.199. The van der Waals surface area contributed by atoms with Gasteiger partial charge >= 0.3 is 19.0 Å². The minimum Gasteiger partial charge on any atom is -0.404 e. The number of carbonyl (C=O) groups excluding carboxylic acids is 4. The summed E-state index contributed by atoms with van der Waals surface area (Å²) in [6.07, 6.45) is -1.94. The van der Waals surface area contributed by atoms with Gasteiger partial charge < -0.3 is 35.4 Å². The van der Waals surface area contributed by atoms with Gasteiger partial charge in [-0.25, -0.2) is 0 Å². The van der Waals surface area contributed by atoms with E-state index in [0.717, 1.165) is 24.5 Å². The highest BCUT2D eigenvalue weighted by atomic mass is 19.4. The third-order valence-corrected chi connectivity index (χ3v) is 12.2. The first kappa shape index (κ1) is 39.5. The molecule has 0 radical (unpaired) electrons. The van der Waals surface area contributed by atoms with Crippen LogP contribution in [0.3, 0.4) is 0 Å². The molecule has 7 rings (SSSR count). The highest BCUT2D eigenvalue weighted by Gasteiger charge is 2.68. The van der Waals surface area contributed by atoms with Crippen LogP contribution >= 0.6 is 0 Å². The molecular formula is C38H48BF3N6O6. The first-order chi connectivity index (χ1) is 25.3. The first-order valence-electron chi connectivity index (χ1n) is 18.4. The second kappa shape index (κ2) is 14.5.